The van der Waals surface area contributed by atoms with Crippen LogP contribution in [0.4, 0.5) is 0 Å². The topological polar surface area (TPSA) is 58.6 Å². The molecule has 2 N–H and O–H groups in total. The molecule has 1 atom stereocenters. The maximum Gasteiger partial charge on any atom is 0.231 e. The van der Waals surface area contributed by atoms with E-state index in [-0.39, 0.29) is 24.0 Å². The zero-order chi connectivity index (χ0) is 19.6. The van der Waals surface area contributed by atoms with Crippen LogP contribution in [0, 0.1) is 5.92 Å². The van der Waals surface area contributed by atoms with Gasteiger partial charge in [-0.2, -0.15) is 0 Å². The molecule has 148 valence electrons. The second-order valence-electron chi connectivity index (χ2n) is 8.26. The maximum absolute atomic E-state index is 13.6. The largest absolute Gasteiger partial charge is 0.497 e. The Kier molecular flexibility index (Phi) is 5.40. The molecule has 0 heterocycles. The van der Waals surface area contributed by atoms with Gasteiger partial charge in [-0.05, 0) is 54.9 Å². The number of carbonyl (C=O) groups is 1. The lowest BCUT2D eigenvalue weighted by Gasteiger charge is -2.40. The molecule has 2 aromatic rings. The summed E-state index contributed by atoms with van der Waals surface area (Å²) >= 11 is 0. The van der Waals surface area contributed by atoms with Crippen LogP contribution < -0.4 is 10.1 Å². The average molecular weight is 380 g/mol. The molecule has 0 radical (unpaired) electrons. The Morgan fingerprint density at radius 1 is 1.07 bits per heavy atom. The summed E-state index contributed by atoms with van der Waals surface area (Å²) in [5, 5.41) is 13.2. The van der Waals surface area contributed by atoms with Crippen LogP contribution in [0.1, 0.15) is 55.7 Å². The van der Waals surface area contributed by atoms with Crippen molar-refractivity contribution in [1.29, 1.82) is 0 Å². The first-order valence-corrected chi connectivity index (χ1v) is 10.3. The molecule has 0 bridgehead atoms. The van der Waals surface area contributed by atoms with E-state index in [1.165, 1.54) is 0 Å². The molecule has 2 aliphatic carbocycles. The van der Waals surface area contributed by atoms with E-state index in [4.69, 9.17) is 4.74 Å². The van der Waals surface area contributed by atoms with Gasteiger partial charge in [0.2, 0.25) is 5.91 Å². The number of aliphatic hydroxyl groups excluding tert-OH is 1. The second kappa shape index (κ2) is 7.96. The number of methoxy groups -OCH3 is 1. The fourth-order valence-corrected chi connectivity index (χ4v) is 4.85. The summed E-state index contributed by atoms with van der Waals surface area (Å²) in [4.78, 5) is 13.6. The predicted molar refractivity (Wildman–Crippen MR) is 109 cm³/mol. The minimum atomic E-state index is -0.471. The summed E-state index contributed by atoms with van der Waals surface area (Å²) in [6.45, 7) is 0. The Bertz CT molecular complexity index is 790. The normalized spacial score (nSPS) is 24.2. The van der Waals surface area contributed by atoms with Crippen molar-refractivity contribution in [1.82, 2.24) is 5.32 Å². The third kappa shape index (κ3) is 3.53. The SMILES string of the molecule is COc1ccc(C2(C(=O)NC(c3ccccc3)C3CC(O)C3)CCCC2)cc1. The summed E-state index contributed by atoms with van der Waals surface area (Å²) < 4.78 is 5.29. The highest BCUT2D eigenvalue weighted by Crippen LogP contribution is 2.44. The standard InChI is InChI=1S/C24H29NO3/c1-28-21-11-9-19(10-12-21)24(13-5-6-14-24)23(27)25-22(18-15-20(26)16-18)17-7-3-2-4-8-17/h2-4,7-12,18,20,22,26H,5-6,13-16H2,1H3,(H,25,27). The molecule has 4 rings (SSSR count). The van der Waals surface area contributed by atoms with Crippen molar-refractivity contribution in [2.24, 2.45) is 5.92 Å². The number of nitrogens with one attached hydrogen (secondary N) is 1. The van der Waals surface area contributed by atoms with E-state index < -0.39 is 5.41 Å². The molecule has 0 aromatic heterocycles. The van der Waals surface area contributed by atoms with Crippen molar-refractivity contribution in [2.45, 2.75) is 56.1 Å². The van der Waals surface area contributed by atoms with Crippen molar-refractivity contribution in [2.75, 3.05) is 7.11 Å². The second-order valence-corrected chi connectivity index (χ2v) is 8.26. The van der Waals surface area contributed by atoms with E-state index in [0.717, 1.165) is 55.4 Å². The van der Waals surface area contributed by atoms with Crippen LogP contribution in [0.5, 0.6) is 5.75 Å². The molecular weight excluding hydrogens is 350 g/mol. The molecule has 0 saturated heterocycles. The number of carbonyl (C=O) groups excluding carboxylic acids is 1. The third-order valence-corrected chi connectivity index (χ3v) is 6.60. The molecule has 0 spiro atoms. The number of hydrogen-bond donors (Lipinski definition) is 2. The van der Waals surface area contributed by atoms with Crippen LogP contribution in [0.25, 0.3) is 0 Å². The number of aliphatic hydroxyl groups is 1. The smallest absolute Gasteiger partial charge is 0.231 e. The van der Waals surface area contributed by atoms with Crippen LogP contribution >= 0.6 is 0 Å². The molecule has 1 unspecified atom stereocenters. The number of hydrogen-bond acceptors (Lipinski definition) is 3. The van der Waals surface area contributed by atoms with Crippen LogP contribution in [-0.2, 0) is 10.2 Å². The lowest BCUT2D eigenvalue weighted by atomic mass is 9.73. The Morgan fingerprint density at radius 3 is 2.29 bits per heavy atom. The molecule has 2 aromatic carbocycles. The summed E-state index contributed by atoms with van der Waals surface area (Å²) in [6, 6.07) is 18.1. The van der Waals surface area contributed by atoms with Gasteiger partial charge in [-0.15, -0.1) is 0 Å². The van der Waals surface area contributed by atoms with Gasteiger partial charge in [0.25, 0.3) is 0 Å². The van der Waals surface area contributed by atoms with Gasteiger partial charge < -0.3 is 15.2 Å². The highest BCUT2D eigenvalue weighted by molar-refractivity contribution is 5.89. The van der Waals surface area contributed by atoms with Gasteiger partial charge in [-0.25, -0.2) is 0 Å². The van der Waals surface area contributed by atoms with Gasteiger partial charge >= 0.3 is 0 Å². The van der Waals surface area contributed by atoms with Crippen LogP contribution in [0.3, 0.4) is 0 Å². The Labute approximate surface area is 166 Å². The zero-order valence-corrected chi connectivity index (χ0v) is 16.4. The average Bonchev–Trinajstić information content (AvgIpc) is 3.22. The monoisotopic (exact) mass is 379 g/mol. The van der Waals surface area contributed by atoms with Crippen molar-refractivity contribution in [3.05, 3.63) is 65.7 Å². The Hall–Kier alpha value is -2.33. The molecule has 4 heteroatoms. The van der Waals surface area contributed by atoms with Gasteiger partial charge in [0.1, 0.15) is 5.75 Å². The highest BCUT2D eigenvalue weighted by Gasteiger charge is 2.45. The minimum Gasteiger partial charge on any atom is -0.497 e. The van der Waals surface area contributed by atoms with E-state index in [1.807, 2.05) is 42.5 Å². The molecule has 2 fully saturated rings. The molecule has 0 aliphatic heterocycles. The quantitative estimate of drug-likeness (QED) is 0.793. The van der Waals surface area contributed by atoms with Gasteiger partial charge in [0.05, 0.1) is 24.7 Å². The Morgan fingerprint density at radius 2 is 1.71 bits per heavy atom. The highest BCUT2D eigenvalue weighted by atomic mass is 16.5. The number of rotatable bonds is 6. The summed E-state index contributed by atoms with van der Waals surface area (Å²) in [5.74, 6) is 1.21. The summed E-state index contributed by atoms with van der Waals surface area (Å²) in [6.07, 6.45) is 5.13. The van der Waals surface area contributed by atoms with Gasteiger partial charge in [-0.3, -0.25) is 4.79 Å². The molecule has 4 nitrogen and oxygen atoms in total. The van der Waals surface area contributed by atoms with Crippen molar-refractivity contribution >= 4 is 5.91 Å². The number of benzene rings is 2. The van der Waals surface area contributed by atoms with Gasteiger partial charge in [0.15, 0.2) is 0 Å². The van der Waals surface area contributed by atoms with E-state index in [2.05, 4.69) is 17.4 Å². The summed E-state index contributed by atoms with van der Waals surface area (Å²) in [7, 11) is 1.66. The first-order valence-electron chi connectivity index (χ1n) is 10.3. The van der Waals surface area contributed by atoms with Crippen molar-refractivity contribution in [3.63, 3.8) is 0 Å². The van der Waals surface area contributed by atoms with Gasteiger partial charge in [0, 0.05) is 0 Å². The zero-order valence-electron chi connectivity index (χ0n) is 16.4. The van der Waals surface area contributed by atoms with Gasteiger partial charge in [-0.1, -0.05) is 55.3 Å². The van der Waals surface area contributed by atoms with Crippen LogP contribution in [0.2, 0.25) is 0 Å². The maximum atomic E-state index is 13.6. The number of ether oxygens (including phenoxy) is 1. The first kappa shape index (κ1) is 19.0. The van der Waals surface area contributed by atoms with Crippen LogP contribution in [-0.4, -0.2) is 24.2 Å². The van der Waals surface area contributed by atoms with Crippen molar-refractivity contribution in [3.8, 4) is 5.75 Å². The van der Waals surface area contributed by atoms with E-state index in [1.54, 1.807) is 7.11 Å². The van der Waals surface area contributed by atoms with E-state index >= 15 is 0 Å². The minimum absolute atomic E-state index is 0.0483. The predicted octanol–water partition coefficient (Wildman–Crippen LogP) is 4.14. The first-order chi connectivity index (χ1) is 13.6. The third-order valence-electron chi connectivity index (χ3n) is 6.60. The Balaban J connectivity index is 1.60. The lowest BCUT2D eigenvalue weighted by Crippen LogP contribution is -2.48. The molecule has 2 aliphatic rings. The van der Waals surface area contributed by atoms with Crippen molar-refractivity contribution < 1.29 is 14.6 Å². The molecule has 1 amide bonds. The number of amides is 1. The van der Waals surface area contributed by atoms with E-state index in [0.29, 0.717) is 0 Å². The fraction of sp³-hybridized carbons (Fsp3) is 0.458. The fourth-order valence-electron chi connectivity index (χ4n) is 4.85. The molecular formula is C24H29NO3. The molecule has 28 heavy (non-hydrogen) atoms. The molecule has 2 saturated carbocycles. The summed E-state index contributed by atoms with van der Waals surface area (Å²) in [5.41, 5.74) is 1.72. The lowest BCUT2D eigenvalue weighted by molar-refractivity contribution is -0.128. The van der Waals surface area contributed by atoms with E-state index in [9.17, 15) is 9.90 Å². The van der Waals surface area contributed by atoms with Crippen LogP contribution in [0.15, 0.2) is 54.6 Å².